The fourth-order valence-electron chi connectivity index (χ4n) is 3.56. The second-order valence-corrected chi connectivity index (χ2v) is 8.27. The SMILES string of the molecule is CCOC(C(=O)Nc1nnc(NC2CCN(c3cccnn3)C2)s1)c1ccc(F)c(OC)c1. The molecule has 3 aromatic rings. The van der Waals surface area contributed by atoms with Crippen LogP contribution in [0.25, 0.3) is 0 Å². The molecule has 1 aliphatic rings. The first-order valence-electron chi connectivity index (χ1n) is 10.5. The summed E-state index contributed by atoms with van der Waals surface area (Å²) in [5.41, 5.74) is 0.477. The van der Waals surface area contributed by atoms with Crippen molar-refractivity contribution in [2.75, 3.05) is 42.3 Å². The number of benzene rings is 1. The minimum Gasteiger partial charge on any atom is -0.494 e. The van der Waals surface area contributed by atoms with Crippen molar-refractivity contribution in [1.29, 1.82) is 0 Å². The first kappa shape index (κ1) is 22.8. The van der Waals surface area contributed by atoms with Gasteiger partial charge in [-0.3, -0.25) is 10.1 Å². The number of rotatable bonds is 9. The van der Waals surface area contributed by atoms with Crippen LogP contribution < -0.4 is 20.3 Å². The number of aromatic nitrogens is 4. The lowest BCUT2D eigenvalue weighted by Gasteiger charge is -2.17. The van der Waals surface area contributed by atoms with E-state index in [9.17, 15) is 9.18 Å². The summed E-state index contributed by atoms with van der Waals surface area (Å²) in [4.78, 5) is 15.0. The zero-order valence-corrected chi connectivity index (χ0v) is 19.0. The molecule has 174 valence electrons. The third-order valence-electron chi connectivity index (χ3n) is 5.10. The molecule has 2 unspecified atom stereocenters. The predicted molar refractivity (Wildman–Crippen MR) is 122 cm³/mol. The van der Waals surface area contributed by atoms with E-state index in [1.165, 1.54) is 36.6 Å². The van der Waals surface area contributed by atoms with Crippen LogP contribution in [0.5, 0.6) is 5.75 Å². The lowest BCUT2D eigenvalue weighted by Crippen LogP contribution is -2.26. The number of hydrogen-bond acceptors (Lipinski definition) is 10. The Hall–Kier alpha value is -3.38. The zero-order chi connectivity index (χ0) is 23.2. The molecule has 0 aliphatic carbocycles. The normalized spacial score (nSPS) is 16.5. The van der Waals surface area contributed by atoms with E-state index in [0.29, 0.717) is 22.4 Å². The van der Waals surface area contributed by atoms with Gasteiger partial charge in [0.15, 0.2) is 23.5 Å². The molecule has 0 bridgehead atoms. The van der Waals surface area contributed by atoms with Crippen LogP contribution in [0.2, 0.25) is 0 Å². The molecule has 4 rings (SSSR count). The van der Waals surface area contributed by atoms with Gasteiger partial charge in [-0.25, -0.2) is 4.39 Å². The fourth-order valence-corrected chi connectivity index (χ4v) is 4.28. The molecule has 12 heteroatoms. The summed E-state index contributed by atoms with van der Waals surface area (Å²) in [5, 5.41) is 23.3. The summed E-state index contributed by atoms with van der Waals surface area (Å²) in [7, 11) is 1.37. The minimum atomic E-state index is -0.944. The first-order valence-corrected chi connectivity index (χ1v) is 11.3. The second kappa shape index (κ2) is 10.5. The van der Waals surface area contributed by atoms with Gasteiger partial charge in [0.25, 0.3) is 5.91 Å². The monoisotopic (exact) mass is 473 g/mol. The molecule has 33 heavy (non-hydrogen) atoms. The maximum Gasteiger partial charge on any atom is 0.259 e. The molecule has 0 spiro atoms. The van der Waals surface area contributed by atoms with Crippen LogP contribution in [0.15, 0.2) is 36.5 Å². The van der Waals surface area contributed by atoms with E-state index >= 15 is 0 Å². The number of carbonyl (C=O) groups is 1. The Balaban J connectivity index is 1.37. The van der Waals surface area contributed by atoms with Crippen LogP contribution in [0.4, 0.5) is 20.5 Å². The van der Waals surface area contributed by atoms with Gasteiger partial charge < -0.3 is 19.7 Å². The molecular weight excluding hydrogens is 449 g/mol. The van der Waals surface area contributed by atoms with Crippen LogP contribution in [-0.4, -0.2) is 59.1 Å². The summed E-state index contributed by atoms with van der Waals surface area (Å²) < 4.78 is 24.4. The lowest BCUT2D eigenvalue weighted by molar-refractivity contribution is -0.127. The van der Waals surface area contributed by atoms with Crippen LogP contribution in [-0.2, 0) is 9.53 Å². The number of hydrogen-bond donors (Lipinski definition) is 2. The Labute approximate surface area is 194 Å². The van der Waals surface area contributed by atoms with Crippen molar-refractivity contribution in [2.24, 2.45) is 0 Å². The van der Waals surface area contributed by atoms with Crippen LogP contribution >= 0.6 is 11.3 Å². The van der Waals surface area contributed by atoms with Crippen molar-refractivity contribution < 1.29 is 18.7 Å². The molecule has 0 radical (unpaired) electrons. The Bertz CT molecular complexity index is 1080. The van der Waals surface area contributed by atoms with Gasteiger partial charge in [0.2, 0.25) is 10.3 Å². The highest BCUT2D eigenvalue weighted by Crippen LogP contribution is 2.28. The molecule has 3 heterocycles. The van der Waals surface area contributed by atoms with Crippen molar-refractivity contribution in [3.63, 3.8) is 0 Å². The smallest absolute Gasteiger partial charge is 0.259 e. The van der Waals surface area contributed by atoms with Gasteiger partial charge in [-0.2, -0.15) is 5.10 Å². The number of nitrogens with zero attached hydrogens (tertiary/aromatic N) is 5. The second-order valence-electron chi connectivity index (χ2n) is 7.29. The molecule has 10 nitrogen and oxygen atoms in total. The molecule has 1 aliphatic heterocycles. The quantitative estimate of drug-likeness (QED) is 0.484. The molecule has 2 atom stereocenters. The Kier molecular flexibility index (Phi) is 7.25. The largest absolute Gasteiger partial charge is 0.494 e. The molecular formula is C21H24FN7O3S. The Morgan fingerprint density at radius 2 is 2.15 bits per heavy atom. The molecule has 2 aromatic heterocycles. The first-order chi connectivity index (χ1) is 16.1. The van der Waals surface area contributed by atoms with E-state index in [1.807, 2.05) is 12.1 Å². The van der Waals surface area contributed by atoms with E-state index < -0.39 is 17.8 Å². The van der Waals surface area contributed by atoms with Crippen molar-refractivity contribution in [3.05, 3.63) is 47.9 Å². The van der Waals surface area contributed by atoms with E-state index in [2.05, 4.69) is 35.9 Å². The molecule has 2 N–H and O–H groups in total. The topological polar surface area (TPSA) is 114 Å². The lowest BCUT2D eigenvalue weighted by atomic mass is 10.1. The standard InChI is InChI=1S/C21H24FN7O3S/c1-3-32-18(13-6-7-15(22)16(11-13)31-2)19(30)25-21-28-27-20(33-21)24-14-8-10-29(12-14)17-5-4-9-23-26-17/h4-7,9,11,14,18H,3,8,10,12H2,1-2H3,(H,24,27)(H,25,28,30). The number of amides is 1. The van der Waals surface area contributed by atoms with Crippen molar-refractivity contribution >= 4 is 33.3 Å². The summed E-state index contributed by atoms with van der Waals surface area (Å²) >= 11 is 1.23. The van der Waals surface area contributed by atoms with E-state index in [-0.39, 0.29) is 11.8 Å². The molecule has 0 saturated carbocycles. The van der Waals surface area contributed by atoms with Gasteiger partial charge in [-0.05, 0) is 43.2 Å². The Morgan fingerprint density at radius 3 is 2.91 bits per heavy atom. The number of methoxy groups -OCH3 is 1. The average molecular weight is 474 g/mol. The maximum atomic E-state index is 13.8. The molecule has 1 amide bonds. The van der Waals surface area contributed by atoms with E-state index in [1.54, 1.807) is 13.1 Å². The van der Waals surface area contributed by atoms with Crippen LogP contribution in [0, 0.1) is 5.82 Å². The fraction of sp³-hybridized carbons (Fsp3) is 0.381. The highest BCUT2D eigenvalue weighted by atomic mass is 32.1. The van der Waals surface area contributed by atoms with Crippen LogP contribution in [0.1, 0.15) is 25.0 Å². The minimum absolute atomic E-state index is 0.0412. The number of carbonyl (C=O) groups excluding carboxylic acids is 1. The predicted octanol–water partition coefficient (Wildman–Crippen LogP) is 2.88. The summed E-state index contributed by atoms with van der Waals surface area (Å²) in [5.74, 6) is -0.0599. The summed E-state index contributed by atoms with van der Waals surface area (Å²) in [6.45, 7) is 3.69. The van der Waals surface area contributed by atoms with E-state index in [4.69, 9.17) is 9.47 Å². The van der Waals surface area contributed by atoms with Gasteiger partial charge >= 0.3 is 0 Å². The van der Waals surface area contributed by atoms with Gasteiger partial charge in [0, 0.05) is 31.9 Å². The Morgan fingerprint density at radius 1 is 1.30 bits per heavy atom. The van der Waals surface area contributed by atoms with Crippen molar-refractivity contribution in [3.8, 4) is 5.75 Å². The molecule has 1 aromatic carbocycles. The highest BCUT2D eigenvalue weighted by Gasteiger charge is 2.26. The van der Waals surface area contributed by atoms with E-state index in [0.717, 1.165) is 25.3 Å². The number of ether oxygens (including phenoxy) is 2. The molecule has 1 saturated heterocycles. The van der Waals surface area contributed by atoms with Gasteiger partial charge in [0.05, 0.1) is 7.11 Å². The van der Waals surface area contributed by atoms with Gasteiger partial charge in [-0.15, -0.1) is 15.3 Å². The van der Waals surface area contributed by atoms with Gasteiger partial charge in [-0.1, -0.05) is 17.4 Å². The third-order valence-corrected chi connectivity index (χ3v) is 5.87. The van der Waals surface area contributed by atoms with Crippen molar-refractivity contribution in [1.82, 2.24) is 20.4 Å². The number of anilines is 3. The maximum absolute atomic E-state index is 13.8. The highest BCUT2D eigenvalue weighted by molar-refractivity contribution is 7.19. The number of nitrogens with one attached hydrogen (secondary N) is 2. The van der Waals surface area contributed by atoms with Crippen molar-refractivity contribution in [2.45, 2.75) is 25.5 Å². The summed E-state index contributed by atoms with van der Waals surface area (Å²) in [6, 6.07) is 8.15. The average Bonchev–Trinajstić information content (AvgIpc) is 3.48. The van der Waals surface area contributed by atoms with Crippen LogP contribution in [0.3, 0.4) is 0 Å². The summed E-state index contributed by atoms with van der Waals surface area (Å²) in [6.07, 6.45) is 1.62. The third kappa shape index (κ3) is 5.52. The van der Waals surface area contributed by atoms with Gasteiger partial charge in [0.1, 0.15) is 0 Å². The number of halogens is 1. The zero-order valence-electron chi connectivity index (χ0n) is 18.2. The molecule has 1 fully saturated rings.